The quantitative estimate of drug-likeness (QED) is 0.349. The number of aliphatic carboxylic acids is 2. The lowest BCUT2D eigenvalue weighted by Gasteiger charge is -2.15. The van der Waals surface area contributed by atoms with E-state index in [1.165, 1.54) is 12.1 Å². The number of benzene rings is 1. The molecule has 0 aromatic heterocycles. The zero-order chi connectivity index (χ0) is 17.6. The van der Waals surface area contributed by atoms with Gasteiger partial charge in [-0.05, 0) is 12.5 Å². The lowest BCUT2D eigenvalue weighted by molar-refractivity contribution is -0.386. The van der Waals surface area contributed by atoms with E-state index in [2.05, 4.69) is 0 Å². The molecule has 10 heteroatoms. The van der Waals surface area contributed by atoms with Gasteiger partial charge in [-0.1, -0.05) is 12.1 Å². The second-order valence-electron chi connectivity index (χ2n) is 4.49. The predicted octanol–water partition coefficient (Wildman–Crippen LogP) is -0.879. The molecule has 0 saturated heterocycles. The number of esters is 1. The van der Waals surface area contributed by atoms with Crippen LogP contribution < -0.4 is 10.8 Å². The summed E-state index contributed by atoms with van der Waals surface area (Å²) < 4.78 is 4.71. The maximum Gasteiger partial charge on any atom is 0.350 e. The molecule has 0 heterocycles. The van der Waals surface area contributed by atoms with E-state index >= 15 is 0 Å². The van der Waals surface area contributed by atoms with Crippen LogP contribution in [0.15, 0.2) is 24.3 Å². The Kier molecular flexibility index (Phi) is 6.15. The van der Waals surface area contributed by atoms with Crippen molar-refractivity contribution in [1.29, 1.82) is 0 Å². The number of carboxylic acid groups (broad SMARTS) is 2. The van der Waals surface area contributed by atoms with Gasteiger partial charge in [0.25, 0.3) is 5.69 Å². The predicted molar refractivity (Wildman–Crippen MR) is 71.8 cm³/mol. The van der Waals surface area contributed by atoms with Crippen LogP contribution in [-0.4, -0.2) is 34.0 Å². The van der Waals surface area contributed by atoms with Crippen LogP contribution in [0.1, 0.15) is 24.5 Å². The van der Waals surface area contributed by atoms with Crippen molar-refractivity contribution in [3.05, 3.63) is 39.9 Å². The third-order valence-electron chi connectivity index (χ3n) is 2.85. The molecule has 2 atom stereocenters. The lowest BCUT2D eigenvalue weighted by Crippen LogP contribution is -2.42. The molecule has 0 saturated carbocycles. The third kappa shape index (κ3) is 5.04. The van der Waals surface area contributed by atoms with Crippen molar-refractivity contribution in [2.24, 2.45) is 5.73 Å². The fraction of sp³-hybridized carbons (Fsp3) is 0.308. The molecule has 1 aromatic carbocycles. The number of rotatable bonds is 8. The molecule has 23 heavy (non-hydrogen) atoms. The van der Waals surface area contributed by atoms with Crippen LogP contribution in [0.5, 0.6) is 0 Å². The Bertz CT molecular complexity index is 630. The number of ether oxygens (including phenoxy) is 1. The van der Waals surface area contributed by atoms with E-state index in [-0.39, 0.29) is 12.0 Å². The van der Waals surface area contributed by atoms with Gasteiger partial charge in [-0.25, -0.2) is 4.79 Å². The Balaban J connectivity index is 2.89. The number of nitro groups is 1. The molecule has 0 bridgehead atoms. The van der Waals surface area contributed by atoms with Crippen LogP contribution in [-0.2, 0) is 19.1 Å². The molecule has 1 unspecified atom stereocenters. The molecular weight excluding hydrogens is 312 g/mol. The number of hydrogen-bond acceptors (Lipinski definition) is 8. The normalized spacial score (nSPS) is 12.9. The van der Waals surface area contributed by atoms with Crippen LogP contribution in [0, 0.1) is 10.1 Å². The smallest absolute Gasteiger partial charge is 0.350 e. The van der Waals surface area contributed by atoms with Crippen molar-refractivity contribution in [2.45, 2.75) is 25.0 Å². The van der Waals surface area contributed by atoms with E-state index in [9.17, 15) is 29.6 Å². The van der Waals surface area contributed by atoms with Crippen LogP contribution >= 0.6 is 0 Å². The molecule has 10 nitrogen and oxygen atoms in total. The minimum absolute atomic E-state index is 0.303. The highest BCUT2D eigenvalue weighted by molar-refractivity contribution is 5.81. The van der Waals surface area contributed by atoms with Gasteiger partial charge in [-0.15, -0.1) is 0 Å². The molecular formula is C13H13N2O8-. The first-order chi connectivity index (χ1) is 10.7. The summed E-state index contributed by atoms with van der Waals surface area (Å²) in [5.41, 5.74) is 4.34. The minimum Gasteiger partial charge on any atom is -0.548 e. The van der Waals surface area contributed by atoms with E-state index in [4.69, 9.17) is 15.6 Å². The molecule has 0 aliphatic carbocycles. The average Bonchev–Trinajstić information content (AvgIpc) is 2.49. The van der Waals surface area contributed by atoms with E-state index in [1.54, 1.807) is 0 Å². The molecule has 1 rings (SSSR count). The first kappa shape index (κ1) is 18.0. The number of nitrogens with zero attached hydrogens (tertiary/aromatic N) is 1. The Hall–Kier alpha value is -3.01. The third-order valence-corrected chi connectivity index (χ3v) is 2.85. The highest BCUT2D eigenvalue weighted by Gasteiger charge is 2.31. The summed E-state index contributed by atoms with van der Waals surface area (Å²) in [6, 6.07) is 3.51. The van der Waals surface area contributed by atoms with Gasteiger partial charge >= 0.3 is 11.9 Å². The summed E-state index contributed by atoms with van der Waals surface area (Å²) in [7, 11) is 0. The summed E-state index contributed by atoms with van der Waals surface area (Å²) in [5.74, 6) is -4.21. The van der Waals surface area contributed by atoms with Gasteiger partial charge in [0.2, 0.25) is 6.10 Å². The van der Waals surface area contributed by atoms with Crippen molar-refractivity contribution in [3.63, 3.8) is 0 Å². The molecule has 0 aliphatic heterocycles. The van der Waals surface area contributed by atoms with Crippen molar-refractivity contribution in [1.82, 2.24) is 0 Å². The highest BCUT2D eigenvalue weighted by atomic mass is 16.6. The topological polar surface area (TPSA) is 173 Å². The van der Waals surface area contributed by atoms with Crippen molar-refractivity contribution in [3.8, 4) is 0 Å². The zero-order valence-electron chi connectivity index (χ0n) is 11.7. The second-order valence-corrected chi connectivity index (χ2v) is 4.49. The summed E-state index contributed by atoms with van der Waals surface area (Å²) >= 11 is 0. The van der Waals surface area contributed by atoms with E-state index in [0.29, 0.717) is 0 Å². The number of carbonyl (C=O) groups is 3. The fourth-order valence-corrected chi connectivity index (χ4v) is 1.70. The standard InChI is InChI=1S/C13H14N2O8/c14-8(12(17)18)5-6-10(16)23-11(13(19)20)7-3-1-2-4-9(7)15(21)22/h1-4,8,11H,5-6,14H2,(H,17,18)(H,19,20)/p-1/t8-,11?/m0/s1. The number of hydrogen-bond donors (Lipinski definition) is 2. The molecule has 0 amide bonds. The Morgan fingerprint density at radius 3 is 2.43 bits per heavy atom. The molecule has 0 spiro atoms. The van der Waals surface area contributed by atoms with Crippen LogP contribution in [0.3, 0.4) is 0 Å². The van der Waals surface area contributed by atoms with Crippen LogP contribution in [0.25, 0.3) is 0 Å². The first-order valence-corrected chi connectivity index (χ1v) is 6.36. The number of nitro benzene ring substituents is 1. The van der Waals surface area contributed by atoms with Gasteiger partial charge in [0, 0.05) is 18.5 Å². The van der Waals surface area contributed by atoms with Crippen LogP contribution in [0.2, 0.25) is 0 Å². The van der Waals surface area contributed by atoms with Gasteiger partial charge in [-0.3, -0.25) is 14.9 Å². The average molecular weight is 325 g/mol. The largest absolute Gasteiger partial charge is 0.548 e. The lowest BCUT2D eigenvalue weighted by atomic mass is 10.1. The van der Waals surface area contributed by atoms with Crippen molar-refractivity contribution < 1.29 is 34.3 Å². The van der Waals surface area contributed by atoms with Crippen molar-refractivity contribution in [2.75, 3.05) is 0 Å². The number of carboxylic acids is 2. The fourth-order valence-electron chi connectivity index (χ4n) is 1.70. The summed E-state index contributed by atoms with van der Waals surface area (Å²) in [6.07, 6.45) is -2.67. The van der Waals surface area contributed by atoms with Gasteiger partial charge in [0.1, 0.15) is 0 Å². The monoisotopic (exact) mass is 325 g/mol. The Labute approximate surface area is 129 Å². The Morgan fingerprint density at radius 1 is 1.30 bits per heavy atom. The Morgan fingerprint density at radius 2 is 1.91 bits per heavy atom. The van der Waals surface area contributed by atoms with Crippen LogP contribution in [0.4, 0.5) is 5.69 Å². The SMILES string of the molecule is N[C@@H](CCC(=O)OC(C(=O)O)c1ccccc1[N+](=O)[O-])C(=O)[O-]. The minimum atomic E-state index is -1.89. The summed E-state index contributed by atoms with van der Waals surface area (Å²) in [6.45, 7) is 0. The van der Waals surface area contributed by atoms with Gasteiger partial charge in [-0.2, -0.15) is 0 Å². The van der Waals surface area contributed by atoms with Gasteiger partial charge < -0.3 is 25.5 Å². The van der Waals surface area contributed by atoms with E-state index in [0.717, 1.165) is 12.1 Å². The van der Waals surface area contributed by atoms with E-state index < -0.39 is 47.1 Å². The van der Waals surface area contributed by atoms with Gasteiger partial charge in [0.15, 0.2) is 0 Å². The van der Waals surface area contributed by atoms with E-state index in [1.807, 2.05) is 0 Å². The maximum absolute atomic E-state index is 11.6. The molecule has 0 fully saturated rings. The summed E-state index contributed by atoms with van der Waals surface area (Å²) in [5, 5.41) is 30.5. The molecule has 0 radical (unpaired) electrons. The molecule has 0 aliphatic rings. The molecule has 1 aromatic rings. The highest BCUT2D eigenvalue weighted by Crippen LogP contribution is 2.28. The maximum atomic E-state index is 11.6. The number of para-hydroxylation sites is 1. The number of carbonyl (C=O) groups excluding carboxylic acids is 2. The zero-order valence-corrected chi connectivity index (χ0v) is 11.7. The summed E-state index contributed by atoms with van der Waals surface area (Å²) in [4.78, 5) is 43.4. The molecule has 3 N–H and O–H groups in total. The van der Waals surface area contributed by atoms with Gasteiger partial charge in [0.05, 0.1) is 16.5 Å². The first-order valence-electron chi connectivity index (χ1n) is 6.36. The second kappa shape index (κ2) is 7.84. The number of nitrogens with two attached hydrogens (primary N) is 1. The van der Waals surface area contributed by atoms with Crippen molar-refractivity contribution >= 4 is 23.6 Å². The molecule has 124 valence electrons.